The van der Waals surface area contributed by atoms with Crippen LogP contribution in [0.2, 0.25) is 0 Å². The Kier molecular flexibility index (Phi) is 11.2. The first kappa shape index (κ1) is 29.8. The molecule has 0 radical (unpaired) electrons. The zero-order valence-corrected chi connectivity index (χ0v) is 23.1. The molecule has 0 aromatic heterocycles. The molecule has 2 amide bonds. The highest BCUT2D eigenvalue weighted by molar-refractivity contribution is 5.74. The topological polar surface area (TPSA) is 85.3 Å². The predicted molar refractivity (Wildman–Crippen MR) is 144 cm³/mol. The van der Waals surface area contributed by atoms with E-state index in [-0.39, 0.29) is 23.8 Å². The van der Waals surface area contributed by atoms with Crippen LogP contribution >= 0.6 is 0 Å². The average Bonchev–Trinajstić information content (AvgIpc) is 2.89. The molecule has 1 aromatic carbocycles. The van der Waals surface area contributed by atoms with Crippen molar-refractivity contribution in [1.82, 2.24) is 15.1 Å². The van der Waals surface area contributed by atoms with E-state index in [1.165, 1.54) is 18.6 Å². The van der Waals surface area contributed by atoms with E-state index in [1.807, 2.05) is 14.1 Å². The molecular weight excluding hydrogens is 473 g/mol. The van der Waals surface area contributed by atoms with E-state index in [0.29, 0.717) is 44.6 Å². The Balaban J connectivity index is 1.65. The Bertz CT molecular complexity index is 848. The number of hydrogen-bond acceptors (Lipinski definition) is 5. The molecule has 0 bridgehead atoms. The number of unbranched alkanes of at least 4 members (excludes halogenated alkanes) is 1. The maximum Gasteiger partial charge on any atom is 0.317 e. The summed E-state index contributed by atoms with van der Waals surface area (Å²) in [4.78, 5) is 17.1. The number of likely N-dealkylation sites (N-methyl/N-ethyl adjacent to an activating group) is 1. The summed E-state index contributed by atoms with van der Waals surface area (Å²) in [5.41, 5.74) is -1.30. The molecule has 1 heterocycles. The van der Waals surface area contributed by atoms with Crippen molar-refractivity contribution in [3.8, 4) is 0 Å². The number of ether oxygens (including phenoxy) is 1. The summed E-state index contributed by atoms with van der Waals surface area (Å²) in [7, 11) is 5.64. The van der Waals surface area contributed by atoms with Crippen LogP contribution in [0.1, 0.15) is 76.2 Å². The molecule has 1 aliphatic carbocycles. The fourth-order valence-electron chi connectivity index (χ4n) is 6.14. The number of methoxy groups -OCH3 is 1. The normalized spacial score (nSPS) is 22.5. The SMILES string of the molecule is COCCCC[C@@](O)(c1cccc(F)c1)[C@@H]1CCCN(C(=O)NCC(CC2(O)CCCCC2)N(C)C)C1. The van der Waals surface area contributed by atoms with Gasteiger partial charge in [-0.2, -0.15) is 0 Å². The van der Waals surface area contributed by atoms with E-state index >= 15 is 0 Å². The third-order valence-electron chi connectivity index (χ3n) is 8.48. The van der Waals surface area contributed by atoms with Gasteiger partial charge in [-0.05, 0) is 83.2 Å². The van der Waals surface area contributed by atoms with E-state index in [1.54, 1.807) is 24.1 Å². The van der Waals surface area contributed by atoms with Crippen LogP contribution in [0, 0.1) is 11.7 Å². The van der Waals surface area contributed by atoms with E-state index < -0.39 is 11.2 Å². The van der Waals surface area contributed by atoms with Gasteiger partial charge in [-0.1, -0.05) is 31.4 Å². The summed E-state index contributed by atoms with van der Waals surface area (Å²) in [5, 5.41) is 26.1. The molecule has 7 nitrogen and oxygen atoms in total. The molecule has 1 unspecified atom stereocenters. The monoisotopic (exact) mass is 521 g/mol. The van der Waals surface area contributed by atoms with Crippen LogP contribution in [-0.2, 0) is 10.3 Å². The number of rotatable bonds is 12. The van der Waals surface area contributed by atoms with Crippen molar-refractivity contribution >= 4 is 6.03 Å². The highest BCUT2D eigenvalue weighted by Crippen LogP contribution is 2.40. The molecule has 0 spiro atoms. The maximum absolute atomic E-state index is 14.1. The summed E-state index contributed by atoms with van der Waals surface area (Å²) < 4.78 is 19.3. The van der Waals surface area contributed by atoms with Crippen LogP contribution in [0.5, 0.6) is 0 Å². The van der Waals surface area contributed by atoms with E-state index in [9.17, 15) is 19.4 Å². The summed E-state index contributed by atoms with van der Waals surface area (Å²) in [6.45, 7) is 2.11. The summed E-state index contributed by atoms with van der Waals surface area (Å²) in [5.74, 6) is -0.559. The van der Waals surface area contributed by atoms with Crippen LogP contribution in [0.15, 0.2) is 24.3 Å². The van der Waals surface area contributed by atoms with E-state index in [0.717, 1.165) is 51.4 Å². The van der Waals surface area contributed by atoms with Crippen molar-refractivity contribution in [3.63, 3.8) is 0 Å². The number of nitrogens with zero attached hydrogens (tertiary/aromatic N) is 2. The Labute approximate surface area is 222 Å². The fourth-order valence-corrected chi connectivity index (χ4v) is 6.14. The Hall–Kier alpha value is -1.74. The van der Waals surface area contributed by atoms with Crippen molar-refractivity contribution in [2.24, 2.45) is 5.92 Å². The lowest BCUT2D eigenvalue weighted by Crippen LogP contribution is -2.53. The molecule has 8 heteroatoms. The number of carbonyl (C=O) groups is 1. The second-order valence-electron chi connectivity index (χ2n) is 11.5. The average molecular weight is 522 g/mol. The lowest BCUT2D eigenvalue weighted by atomic mass is 9.74. The number of likely N-dealkylation sites (tertiary alicyclic amines) is 1. The molecule has 1 aliphatic heterocycles. The Morgan fingerprint density at radius 1 is 1.27 bits per heavy atom. The number of hydrogen-bond donors (Lipinski definition) is 3. The van der Waals surface area contributed by atoms with Gasteiger partial charge in [-0.25, -0.2) is 9.18 Å². The van der Waals surface area contributed by atoms with Gasteiger partial charge in [0.25, 0.3) is 0 Å². The molecule has 3 N–H and O–H groups in total. The van der Waals surface area contributed by atoms with E-state index in [2.05, 4.69) is 10.2 Å². The quantitative estimate of drug-likeness (QED) is 0.358. The zero-order chi connectivity index (χ0) is 26.9. The van der Waals surface area contributed by atoms with Crippen molar-refractivity contribution in [1.29, 1.82) is 0 Å². The number of nitrogens with one attached hydrogen (secondary N) is 1. The van der Waals surface area contributed by atoms with E-state index in [4.69, 9.17) is 4.74 Å². The molecule has 1 saturated heterocycles. The smallest absolute Gasteiger partial charge is 0.317 e. The van der Waals surface area contributed by atoms with Gasteiger partial charge in [0.15, 0.2) is 0 Å². The summed E-state index contributed by atoms with van der Waals surface area (Å²) >= 11 is 0. The molecule has 3 rings (SSSR count). The zero-order valence-electron chi connectivity index (χ0n) is 23.1. The first-order valence-corrected chi connectivity index (χ1v) is 14.1. The van der Waals surface area contributed by atoms with Crippen molar-refractivity contribution in [2.75, 3.05) is 47.4 Å². The standard InChI is InChI=1S/C29H48FN3O4/c1-32(2)26(20-28(35)14-5-4-6-15-28)21-31-27(34)33-17-10-12-24(22-33)29(36,16-7-8-18-37-3)23-11-9-13-25(30)19-23/h9,11,13,19,24,26,35-36H,4-8,10,12,14-18,20-22H2,1-3H3,(H,31,34)/t24-,26?,29-/m1/s1. The Morgan fingerprint density at radius 2 is 2.03 bits per heavy atom. The Morgan fingerprint density at radius 3 is 2.70 bits per heavy atom. The minimum atomic E-state index is -1.22. The highest BCUT2D eigenvalue weighted by atomic mass is 19.1. The van der Waals surface area contributed by atoms with Gasteiger partial charge in [0.2, 0.25) is 0 Å². The largest absolute Gasteiger partial charge is 0.390 e. The minimum Gasteiger partial charge on any atom is -0.390 e. The number of carbonyl (C=O) groups excluding carboxylic acids is 1. The van der Waals surface area contributed by atoms with Gasteiger partial charge < -0.3 is 30.1 Å². The highest BCUT2D eigenvalue weighted by Gasteiger charge is 2.41. The number of amides is 2. The molecule has 37 heavy (non-hydrogen) atoms. The molecule has 1 aromatic rings. The third-order valence-corrected chi connectivity index (χ3v) is 8.48. The van der Waals surface area contributed by atoms with Gasteiger partial charge in [0.05, 0.1) is 11.2 Å². The second-order valence-corrected chi connectivity index (χ2v) is 11.5. The minimum absolute atomic E-state index is 0.0395. The van der Waals surface area contributed by atoms with Crippen LogP contribution in [0.4, 0.5) is 9.18 Å². The summed E-state index contributed by atoms with van der Waals surface area (Å²) in [6.07, 6.45) is 9.17. The molecule has 3 atom stereocenters. The maximum atomic E-state index is 14.1. The lowest BCUT2D eigenvalue weighted by Gasteiger charge is -2.43. The van der Waals surface area contributed by atoms with Crippen LogP contribution in [-0.4, -0.2) is 85.1 Å². The molecule has 2 aliphatic rings. The number of halogens is 1. The number of aliphatic hydroxyl groups is 2. The van der Waals surface area contributed by atoms with Crippen LogP contribution < -0.4 is 5.32 Å². The van der Waals surface area contributed by atoms with Crippen molar-refractivity contribution < 1.29 is 24.1 Å². The molecular formula is C29H48FN3O4. The molecule has 2 fully saturated rings. The van der Waals surface area contributed by atoms with Gasteiger partial charge in [-0.15, -0.1) is 0 Å². The van der Waals surface area contributed by atoms with Crippen LogP contribution in [0.25, 0.3) is 0 Å². The number of benzene rings is 1. The van der Waals surface area contributed by atoms with Gasteiger partial charge >= 0.3 is 6.03 Å². The third kappa shape index (κ3) is 8.37. The number of piperidine rings is 1. The summed E-state index contributed by atoms with van der Waals surface area (Å²) in [6, 6.07) is 6.13. The van der Waals surface area contributed by atoms with Crippen LogP contribution in [0.3, 0.4) is 0 Å². The van der Waals surface area contributed by atoms with Crippen molar-refractivity contribution in [2.45, 2.75) is 87.9 Å². The first-order valence-electron chi connectivity index (χ1n) is 14.1. The lowest BCUT2D eigenvalue weighted by molar-refractivity contribution is -0.0566. The predicted octanol–water partition coefficient (Wildman–Crippen LogP) is 4.27. The first-order chi connectivity index (χ1) is 17.7. The van der Waals surface area contributed by atoms with Gasteiger partial charge in [0, 0.05) is 45.3 Å². The van der Waals surface area contributed by atoms with Crippen molar-refractivity contribution in [3.05, 3.63) is 35.6 Å². The number of urea groups is 1. The fraction of sp³-hybridized carbons (Fsp3) is 0.759. The molecule has 210 valence electrons. The molecule has 1 saturated carbocycles. The second kappa shape index (κ2) is 13.9. The van der Waals surface area contributed by atoms with Gasteiger partial charge in [0.1, 0.15) is 5.82 Å². The van der Waals surface area contributed by atoms with Gasteiger partial charge in [-0.3, -0.25) is 0 Å².